The molecule has 1 saturated heterocycles. The van der Waals surface area contributed by atoms with Crippen LogP contribution >= 0.6 is 22.9 Å². The number of nitrogens with zero attached hydrogens (tertiary/aromatic N) is 3. The Bertz CT molecular complexity index is 1300. The van der Waals surface area contributed by atoms with Crippen molar-refractivity contribution in [1.82, 2.24) is 14.7 Å². The van der Waals surface area contributed by atoms with Crippen molar-refractivity contribution >= 4 is 40.6 Å². The highest BCUT2D eigenvalue weighted by molar-refractivity contribution is 7.10. The fourth-order valence-corrected chi connectivity index (χ4v) is 6.06. The Morgan fingerprint density at radius 3 is 2.70 bits per heavy atom. The number of nitrogens with one attached hydrogen (secondary N) is 1. The average Bonchev–Trinajstić information content (AvgIpc) is 3.44. The number of carbonyl (C=O) groups excluding carboxylic acids is 2. The third kappa shape index (κ3) is 7.31. The van der Waals surface area contributed by atoms with E-state index in [1.807, 2.05) is 11.4 Å². The van der Waals surface area contributed by atoms with E-state index in [9.17, 15) is 14.0 Å². The first-order chi connectivity index (χ1) is 19.5. The molecule has 2 aromatic carbocycles. The molecule has 2 aliphatic rings. The third-order valence-corrected chi connectivity index (χ3v) is 8.35. The first kappa shape index (κ1) is 28.4. The number of anilines is 1. The van der Waals surface area contributed by atoms with Crippen molar-refractivity contribution in [2.45, 2.75) is 12.5 Å². The minimum Gasteiger partial charge on any atom is -0.491 e. The van der Waals surface area contributed by atoms with E-state index in [1.165, 1.54) is 17.0 Å². The van der Waals surface area contributed by atoms with E-state index >= 15 is 0 Å². The summed E-state index contributed by atoms with van der Waals surface area (Å²) >= 11 is 7.78. The zero-order chi connectivity index (χ0) is 27.9. The SMILES string of the molecule is O=C(Nc1cccc(Cl)c1)N(CCN1CCOCC1)CC(=O)N1CCc2sccc2[C@H]1COc1ccc(F)cc1. The van der Waals surface area contributed by atoms with E-state index in [2.05, 4.69) is 10.2 Å². The molecule has 0 radical (unpaired) electrons. The van der Waals surface area contributed by atoms with Crippen LogP contribution in [0.1, 0.15) is 16.5 Å². The van der Waals surface area contributed by atoms with Crippen LogP contribution in [0.3, 0.4) is 0 Å². The van der Waals surface area contributed by atoms with Crippen LogP contribution in [0.2, 0.25) is 5.02 Å². The molecule has 0 bridgehead atoms. The van der Waals surface area contributed by atoms with E-state index in [0.717, 1.165) is 25.1 Å². The molecule has 0 spiro atoms. The zero-order valence-corrected chi connectivity index (χ0v) is 23.6. The van der Waals surface area contributed by atoms with Crippen LogP contribution in [-0.2, 0) is 16.0 Å². The van der Waals surface area contributed by atoms with Crippen molar-refractivity contribution in [2.24, 2.45) is 0 Å². The predicted molar refractivity (Wildman–Crippen MR) is 154 cm³/mol. The topological polar surface area (TPSA) is 74.4 Å². The molecule has 5 rings (SSSR count). The maximum Gasteiger partial charge on any atom is 0.322 e. The number of rotatable bonds is 9. The summed E-state index contributed by atoms with van der Waals surface area (Å²) in [5.74, 6) is 0.0344. The second-order valence-corrected chi connectivity index (χ2v) is 11.2. The average molecular weight is 587 g/mol. The highest BCUT2D eigenvalue weighted by Crippen LogP contribution is 2.34. The lowest BCUT2D eigenvalue weighted by Gasteiger charge is -2.37. The summed E-state index contributed by atoms with van der Waals surface area (Å²) in [4.78, 5) is 34.0. The molecule has 2 aliphatic heterocycles. The van der Waals surface area contributed by atoms with E-state index in [-0.39, 0.29) is 36.9 Å². The summed E-state index contributed by atoms with van der Waals surface area (Å²) in [5.41, 5.74) is 1.61. The molecule has 40 heavy (non-hydrogen) atoms. The number of urea groups is 1. The van der Waals surface area contributed by atoms with Crippen LogP contribution in [-0.4, -0.2) is 85.7 Å². The van der Waals surface area contributed by atoms with Gasteiger partial charge in [-0.2, -0.15) is 0 Å². The highest BCUT2D eigenvalue weighted by atomic mass is 35.5. The van der Waals surface area contributed by atoms with Crippen molar-refractivity contribution in [2.75, 3.05) is 64.4 Å². The first-order valence-electron chi connectivity index (χ1n) is 13.3. The third-order valence-electron chi connectivity index (χ3n) is 7.12. The summed E-state index contributed by atoms with van der Waals surface area (Å²) in [5, 5.41) is 5.42. The van der Waals surface area contributed by atoms with Crippen molar-refractivity contribution in [3.63, 3.8) is 0 Å². The Morgan fingerprint density at radius 2 is 1.93 bits per heavy atom. The minimum absolute atomic E-state index is 0.0801. The molecule has 11 heteroatoms. The van der Waals surface area contributed by atoms with Gasteiger partial charge in [0.1, 0.15) is 24.7 Å². The van der Waals surface area contributed by atoms with E-state index in [4.69, 9.17) is 21.1 Å². The maximum atomic E-state index is 13.8. The lowest BCUT2D eigenvalue weighted by Crippen LogP contribution is -2.50. The van der Waals surface area contributed by atoms with Gasteiger partial charge < -0.3 is 24.6 Å². The molecule has 3 amide bonds. The number of halogens is 2. The zero-order valence-electron chi connectivity index (χ0n) is 22.1. The molecule has 8 nitrogen and oxygen atoms in total. The highest BCUT2D eigenvalue weighted by Gasteiger charge is 2.33. The molecule has 3 heterocycles. The van der Waals surface area contributed by atoms with Crippen molar-refractivity contribution in [3.05, 3.63) is 81.3 Å². The summed E-state index contributed by atoms with van der Waals surface area (Å²) in [6.07, 6.45) is 0.744. The Labute approximate surface area is 242 Å². The second kappa shape index (κ2) is 13.5. The number of carbonyl (C=O) groups is 2. The fourth-order valence-electron chi connectivity index (χ4n) is 4.94. The van der Waals surface area contributed by atoms with Gasteiger partial charge in [-0.25, -0.2) is 9.18 Å². The molecule has 3 aromatic rings. The van der Waals surface area contributed by atoms with E-state index < -0.39 is 0 Å². The number of amides is 3. The van der Waals surface area contributed by atoms with Gasteiger partial charge in [0.25, 0.3) is 0 Å². The Kier molecular flexibility index (Phi) is 9.53. The van der Waals surface area contributed by atoms with Gasteiger partial charge in [0.2, 0.25) is 5.91 Å². The number of hydrogen-bond acceptors (Lipinski definition) is 6. The van der Waals surface area contributed by atoms with Crippen molar-refractivity contribution in [1.29, 1.82) is 0 Å². The van der Waals surface area contributed by atoms with Gasteiger partial charge in [-0.05, 0) is 65.9 Å². The molecule has 0 aliphatic carbocycles. The molecule has 212 valence electrons. The van der Waals surface area contributed by atoms with Gasteiger partial charge in [0, 0.05) is 48.3 Å². The number of thiophene rings is 1. The van der Waals surface area contributed by atoms with Crippen LogP contribution in [0, 0.1) is 5.82 Å². The second-order valence-electron chi connectivity index (χ2n) is 9.73. The van der Waals surface area contributed by atoms with Crippen LogP contribution in [0.15, 0.2) is 60.0 Å². The lowest BCUT2D eigenvalue weighted by atomic mass is 10.0. The van der Waals surface area contributed by atoms with Crippen LogP contribution in [0.4, 0.5) is 14.9 Å². The molecular formula is C29H32ClFN4O4S. The Balaban J connectivity index is 1.30. The van der Waals surface area contributed by atoms with Crippen LogP contribution in [0.25, 0.3) is 0 Å². The number of fused-ring (bicyclic) bond motifs is 1. The quantitative estimate of drug-likeness (QED) is 0.386. The molecule has 0 saturated carbocycles. The molecule has 1 aromatic heterocycles. The minimum atomic E-state index is -0.365. The first-order valence-corrected chi connectivity index (χ1v) is 14.6. The standard InChI is InChI=1S/C29H32ClFN4O4S/c30-21-2-1-3-23(18-21)32-29(37)34(12-11-33-13-15-38-16-14-33)19-28(36)35-10-8-27-25(9-17-40-27)26(35)20-39-24-6-4-22(31)5-7-24/h1-7,9,17-18,26H,8,10-16,19-20H2,(H,32,37)/t26-/m1/s1. The monoisotopic (exact) mass is 586 g/mol. The lowest BCUT2D eigenvalue weighted by molar-refractivity contribution is -0.135. The van der Waals surface area contributed by atoms with Gasteiger partial charge in [0.15, 0.2) is 0 Å². The van der Waals surface area contributed by atoms with Gasteiger partial charge in [-0.3, -0.25) is 9.69 Å². The number of ether oxygens (including phenoxy) is 2. The van der Waals surface area contributed by atoms with Crippen molar-refractivity contribution in [3.8, 4) is 5.75 Å². The molecule has 1 atom stereocenters. The fraction of sp³-hybridized carbons (Fsp3) is 0.379. The van der Waals surface area contributed by atoms with Gasteiger partial charge >= 0.3 is 6.03 Å². The largest absolute Gasteiger partial charge is 0.491 e. The Hall–Kier alpha value is -3.18. The number of morpholine rings is 1. The smallest absolute Gasteiger partial charge is 0.322 e. The predicted octanol–water partition coefficient (Wildman–Crippen LogP) is 4.91. The van der Waals surface area contributed by atoms with Crippen LogP contribution in [0.5, 0.6) is 5.75 Å². The number of benzene rings is 2. The molecular weight excluding hydrogens is 555 g/mol. The summed E-state index contributed by atoms with van der Waals surface area (Å²) in [6.45, 7) is 4.56. The maximum absolute atomic E-state index is 13.8. The molecule has 0 unspecified atom stereocenters. The van der Waals surface area contributed by atoms with Gasteiger partial charge in [-0.15, -0.1) is 11.3 Å². The summed E-state index contributed by atoms with van der Waals surface area (Å²) in [6, 6.07) is 14.1. The summed E-state index contributed by atoms with van der Waals surface area (Å²) in [7, 11) is 0. The van der Waals surface area contributed by atoms with Gasteiger partial charge in [-0.1, -0.05) is 17.7 Å². The molecule has 1 N–H and O–H groups in total. The Morgan fingerprint density at radius 1 is 1.12 bits per heavy atom. The summed E-state index contributed by atoms with van der Waals surface area (Å²) < 4.78 is 24.8. The normalized spacial score (nSPS) is 17.2. The van der Waals surface area contributed by atoms with E-state index in [0.29, 0.717) is 49.3 Å². The molecule has 1 fully saturated rings. The van der Waals surface area contributed by atoms with Crippen molar-refractivity contribution < 1.29 is 23.5 Å². The van der Waals surface area contributed by atoms with Crippen LogP contribution < -0.4 is 10.1 Å². The van der Waals surface area contributed by atoms with E-state index in [1.54, 1.807) is 57.5 Å². The van der Waals surface area contributed by atoms with Gasteiger partial charge in [0.05, 0.1) is 19.3 Å². The number of hydrogen-bond donors (Lipinski definition) is 1.